The third kappa shape index (κ3) is 7.20. The number of para-hydroxylation sites is 1. The number of piperazine rings is 1. The Morgan fingerprint density at radius 3 is 2.60 bits per heavy atom. The number of nitrogens with zero attached hydrogens (tertiary/aromatic N) is 3. The molecule has 2 aliphatic rings. The van der Waals surface area contributed by atoms with Crippen molar-refractivity contribution in [1.29, 1.82) is 0 Å². The second-order valence-corrected chi connectivity index (χ2v) is 8.52. The van der Waals surface area contributed by atoms with Gasteiger partial charge >= 0.3 is 0 Å². The maximum Gasteiger partial charge on any atom is 0.234 e. The zero-order chi connectivity index (χ0) is 21.3. The molecular weight excluding hydrogens is 378 g/mol. The molecule has 0 atom stereocenters. The van der Waals surface area contributed by atoms with Gasteiger partial charge in [-0.15, -0.1) is 0 Å². The summed E-state index contributed by atoms with van der Waals surface area (Å²) in [4.78, 5) is 21.4. The Morgan fingerprint density at radius 1 is 1.20 bits per heavy atom. The normalized spacial score (nSPS) is 17.9. The van der Waals surface area contributed by atoms with Gasteiger partial charge in [0, 0.05) is 44.3 Å². The summed E-state index contributed by atoms with van der Waals surface area (Å²) >= 11 is 0. The molecule has 0 radical (unpaired) electrons. The lowest BCUT2D eigenvalue weighted by atomic mass is 10.2. The molecule has 30 heavy (non-hydrogen) atoms. The van der Waals surface area contributed by atoms with Crippen LogP contribution in [0.15, 0.2) is 29.3 Å². The monoisotopic (exact) mass is 415 g/mol. The van der Waals surface area contributed by atoms with Crippen LogP contribution in [0.1, 0.15) is 39.2 Å². The van der Waals surface area contributed by atoms with Gasteiger partial charge in [0.05, 0.1) is 19.7 Å². The average molecular weight is 416 g/mol. The number of ether oxygens (including phenoxy) is 1. The van der Waals surface area contributed by atoms with E-state index in [1.807, 2.05) is 32.0 Å². The van der Waals surface area contributed by atoms with E-state index in [-0.39, 0.29) is 11.9 Å². The second-order valence-electron chi connectivity index (χ2n) is 8.52. The third-order valence-electron chi connectivity index (χ3n) is 5.37. The minimum absolute atomic E-state index is 0.0989. The van der Waals surface area contributed by atoms with Crippen LogP contribution in [-0.2, 0) is 11.3 Å². The predicted molar refractivity (Wildman–Crippen MR) is 121 cm³/mol. The number of benzene rings is 1. The van der Waals surface area contributed by atoms with Crippen molar-refractivity contribution in [2.75, 3.05) is 45.9 Å². The summed E-state index contributed by atoms with van der Waals surface area (Å²) in [5.74, 6) is 2.71. The van der Waals surface area contributed by atoms with Crippen LogP contribution in [0.2, 0.25) is 0 Å². The molecule has 7 nitrogen and oxygen atoms in total. The number of guanidine groups is 1. The first-order valence-electron chi connectivity index (χ1n) is 11.3. The maximum atomic E-state index is 12.0. The maximum absolute atomic E-state index is 12.0. The van der Waals surface area contributed by atoms with Gasteiger partial charge in [0.25, 0.3) is 0 Å². The van der Waals surface area contributed by atoms with Crippen LogP contribution in [0.3, 0.4) is 0 Å². The Labute approximate surface area is 180 Å². The fraction of sp³-hybridized carbons (Fsp3) is 0.652. The van der Waals surface area contributed by atoms with E-state index in [9.17, 15) is 4.79 Å². The van der Waals surface area contributed by atoms with Gasteiger partial charge in [-0.1, -0.05) is 18.2 Å². The van der Waals surface area contributed by atoms with Crippen LogP contribution in [-0.4, -0.2) is 73.6 Å². The van der Waals surface area contributed by atoms with Gasteiger partial charge < -0.3 is 20.3 Å². The summed E-state index contributed by atoms with van der Waals surface area (Å²) in [6, 6.07) is 8.39. The minimum atomic E-state index is 0.0989. The molecule has 1 saturated heterocycles. The first-order valence-corrected chi connectivity index (χ1v) is 11.3. The lowest BCUT2D eigenvalue weighted by Crippen LogP contribution is -2.54. The van der Waals surface area contributed by atoms with Gasteiger partial charge in [-0.05, 0) is 45.6 Å². The number of hydrogen-bond donors (Lipinski definition) is 2. The molecule has 2 N–H and O–H groups in total. The Balaban J connectivity index is 1.54. The largest absolute Gasteiger partial charge is 0.493 e. The molecule has 1 heterocycles. The predicted octanol–water partition coefficient (Wildman–Crippen LogP) is 2.08. The number of amides is 1. The summed E-state index contributed by atoms with van der Waals surface area (Å²) in [6.07, 6.45) is 2.58. The van der Waals surface area contributed by atoms with Crippen molar-refractivity contribution in [3.05, 3.63) is 29.8 Å². The van der Waals surface area contributed by atoms with Crippen LogP contribution in [0, 0.1) is 5.92 Å². The molecule has 0 bridgehead atoms. The molecule has 0 spiro atoms. The van der Waals surface area contributed by atoms with Gasteiger partial charge in [-0.3, -0.25) is 9.69 Å². The van der Waals surface area contributed by atoms with Crippen LogP contribution >= 0.6 is 0 Å². The Hall–Kier alpha value is -2.28. The van der Waals surface area contributed by atoms with Crippen LogP contribution in [0.5, 0.6) is 5.75 Å². The van der Waals surface area contributed by atoms with E-state index in [0.717, 1.165) is 62.5 Å². The fourth-order valence-electron chi connectivity index (χ4n) is 3.54. The van der Waals surface area contributed by atoms with Gasteiger partial charge in [-0.2, -0.15) is 0 Å². The van der Waals surface area contributed by atoms with Crippen molar-refractivity contribution in [3.63, 3.8) is 0 Å². The Kier molecular flexibility index (Phi) is 8.37. The lowest BCUT2D eigenvalue weighted by Gasteiger charge is -2.36. The first-order chi connectivity index (χ1) is 14.5. The van der Waals surface area contributed by atoms with Crippen molar-refractivity contribution in [1.82, 2.24) is 20.4 Å². The molecule has 3 rings (SSSR count). The summed E-state index contributed by atoms with van der Waals surface area (Å²) in [5, 5.41) is 6.39. The third-order valence-corrected chi connectivity index (χ3v) is 5.37. The van der Waals surface area contributed by atoms with Crippen LogP contribution < -0.4 is 15.4 Å². The number of aliphatic imine (C=N–C) groups is 1. The molecule has 1 aromatic carbocycles. The Bertz CT molecular complexity index is 709. The molecular formula is C23H37N5O2. The number of carbonyl (C=O) groups is 1. The van der Waals surface area contributed by atoms with E-state index >= 15 is 0 Å². The molecule has 2 fully saturated rings. The fourth-order valence-corrected chi connectivity index (χ4v) is 3.54. The van der Waals surface area contributed by atoms with Crippen molar-refractivity contribution < 1.29 is 9.53 Å². The highest BCUT2D eigenvalue weighted by molar-refractivity contribution is 5.80. The van der Waals surface area contributed by atoms with Crippen LogP contribution in [0.25, 0.3) is 0 Å². The summed E-state index contributed by atoms with van der Waals surface area (Å²) in [6.45, 7) is 12.2. The zero-order valence-corrected chi connectivity index (χ0v) is 18.7. The Morgan fingerprint density at radius 2 is 1.93 bits per heavy atom. The van der Waals surface area contributed by atoms with Crippen molar-refractivity contribution >= 4 is 11.9 Å². The van der Waals surface area contributed by atoms with Gasteiger partial charge in [0.1, 0.15) is 5.75 Å². The van der Waals surface area contributed by atoms with Crippen molar-refractivity contribution in [3.8, 4) is 5.75 Å². The summed E-state index contributed by atoms with van der Waals surface area (Å²) < 4.78 is 6.03. The molecule has 1 aliphatic heterocycles. The number of carbonyl (C=O) groups excluding carboxylic acids is 1. The molecule has 1 aliphatic carbocycles. The molecule has 166 valence electrons. The smallest absolute Gasteiger partial charge is 0.234 e. The SMILES string of the molecule is CCNC(=NCc1ccccc1OCC1CC1)N1CCN(CC(=O)NC(C)C)CC1. The van der Waals surface area contributed by atoms with Gasteiger partial charge in [-0.25, -0.2) is 4.99 Å². The quantitative estimate of drug-likeness (QED) is 0.477. The second kappa shape index (κ2) is 11.2. The molecule has 1 amide bonds. The molecule has 0 unspecified atom stereocenters. The van der Waals surface area contributed by atoms with E-state index in [4.69, 9.17) is 9.73 Å². The molecule has 1 saturated carbocycles. The molecule has 0 aromatic heterocycles. The van der Waals surface area contributed by atoms with Crippen molar-refractivity contribution in [2.24, 2.45) is 10.9 Å². The van der Waals surface area contributed by atoms with Crippen LogP contribution in [0.4, 0.5) is 0 Å². The lowest BCUT2D eigenvalue weighted by molar-refractivity contribution is -0.123. The van der Waals surface area contributed by atoms with Gasteiger partial charge in [0.15, 0.2) is 5.96 Å². The van der Waals surface area contributed by atoms with E-state index < -0.39 is 0 Å². The first kappa shape index (κ1) is 22.4. The zero-order valence-electron chi connectivity index (χ0n) is 18.7. The summed E-state index contributed by atoms with van der Waals surface area (Å²) in [5.41, 5.74) is 1.12. The molecule has 7 heteroatoms. The highest BCUT2D eigenvalue weighted by Gasteiger charge is 2.23. The topological polar surface area (TPSA) is 69.2 Å². The van der Waals surface area contributed by atoms with E-state index in [2.05, 4.69) is 33.4 Å². The standard InChI is InChI=1S/C23H37N5O2/c1-4-24-23(28-13-11-27(12-14-28)16-22(29)26-18(2)3)25-15-20-7-5-6-8-21(20)30-17-19-9-10-19/h5-8,18-19H,4,9-17H2,1-3H3,(H,24,25)(H,26,29). The highest BCUT2D eigenvalue weighted by atomic mass is 16.5. The molecule has 1 aromatic rings. The van der Waals surface area contributed by atoms with E-state index in [1.54, 1.807) is 0 Å². The van der Waals surface area contributed by atoms with Gasteiger partial charge in [0.2, 0.25) is 5.91 Å². The summed E-state index contributed by atoms with van der Waals surface area (Å²) in [7, 11) is 0. The highest BCUT2D eigenvalue weighted by Crippen LogP contribution is 2.30. The number of rotatable bonds is 9. The average Bonchev–Trinajstić information content (AvgIpc) is 3.55. The van der Waals surface area contributed by atoms with E-state index in [1.165, 1.54) is 12.8 Å². The van der Waals surface area contributed by atoms with Crippen molar-refractivity contribution in [2.45, 2.75) is 46.2 Å². The number of nitrogens with one attached hydrogen (secondary N) is 2. The number of hydrogen-bond acceptors (Lipinski definition) is 4. The van der Waals surface area contributed by atoms with E-state index in [0.29, 0.717) is 13.1 Å². The minimum Gasteiger partial charge on any atom is -0.493 e.